The summed E-state index contributed by atoms with van der Waals surface area (Å²) in [6.45, 7) is 3.87. The SMILES string of the molecule is Cc1cc(C)c(NC(=O)N/C=C/c2ccccc2Br)c(Cl)c1. The first-order chi connectivity index (χ1) is 10.5. The molecule has 5 heteroatoms. The molecular formula is C17H16BrClN2O. The number of urea groups is 1. The topological polar surface area (TPSA) is 41.1 Å². The van der Waals surface area contributed by atoms with Crippen LogP contribution in [0.5, 0.6) is 0 Å². The van der Waals surface area contributed by atoms with Gasteiger partial charge in [-0.25, -0.2) is 4.79 Å². The van der Waals surface area contributed by atoms with E-state index in [1.165, 1.54) is 0 Å². The highest BCUT2D eigenvalue weighted by molar-refractivity contribution is 9.10. The number of amides is 2. The van der Waals surface area contributed by atoms with Gasteiger partial charge in [-0.2, -0.15) is 0 Å². The van der Waals surface area contributed by atoms with Crippen molar-refractivity contribution in [3.8, 4) is 0 Å². The number of rotatable bonds is 3. The van der Waals surface area contributed by atoms with Crippen molar-refractivity contribution in [3.63, 3.8) is 0 Å². The summed E-state index contributed by atoms with van der Waals surface area (Å²) in [5.74, 6) is 0. The fraction of sp³-hybridized carbons (Fsp3) is 0.118. The minimum atomic E-state index is -0.336. The summed E-state index contributed by atoms with van der Waals surface area (Å²) in [4.78, 5) is 11.9. The van der Waals surface area contributed by atoms with E-state index in [1.54, 1.807) is 6.20 Å². The lowest BCUT2D eigenvalue weighted by atomic mass is 10.1. The maximum absolute atomic E-state index is 11.9. The van der Waals surface area contributed by atoms with Gasteiger partial charge < -0.3 is 10.6 Å². The van der Waals surface area contributed by atoms with E-state index in [0.29, 0.717) is 10.7 Å². The molecule has 0 aliphatic heterocycles. The highest BCUT2D eigenvalue weighted by Crippen LogP contribution is 2.27. The highest BCUT2D eigenvalue weighted by atomic mass is 79.9. The third-order valence-electron chi connectivity index (χ3n) is 3.05. The molecule has 2 amide bonds. The number of anilines is 1. The smallest absolute Gasteiger partial charge is 0.314 e. The quantitative estimate of drug-likeness (QED) is 0.725. The second-order valence-electron chi connectivity index (χ2n) is 4.89. The van der Waals surface area contributed by atoms with Gasteiger partial charge in [-0.1, -0.05) is 51.8 Å². The summed E-state index contributed by atoms with van der Waals surface area (Å²) in [5.41, 5.74) is 3.59. The van der Waals surface area contributed by atoms with Crippen molar-refractivity contribution in [1.82, 2.24) is 5.32 Å². The number of hydrogen-bond donors (Lipinski definition) is 2. The molecule has 0 radical (unpaired) electrons. The molecule has 0 saturated heterocycles. The predicted molar refractivity (Wildman–Crippen MR) is 96.3 cm³/mol. The van der Waals surface area contributed by atoms with Gasteiger partial charge in [0.1, 0.15) is 0 Å². The van der Waals surface area contributed by atoms with E-state index in [-0.39, 0.29) is 6.03 Å². The first-order valence-corrected chi connectivity index (χ1v) is 7.90. The minimum Gasteiger partial charge on any atom is -0.314 e. The van der Waals surface area contributed by atoms with E-state index in [1.807, 2.05) is 56.3 Å². The van der Waals surface area contributed by atoms with Crippen LogP contribution in [0.1, 0.15) is 16.7 Å². The van der Waals surface area contributed by atoms with Crippen molar-refractivity contribution in [2.75, 3.05) is 5.32 Å². The number of nitrogens with one attached hydrogen (secondary N) is 2. The molecule has 0 aliphatic carbocycles. The highest BCUT2D eigenvalue weighted by Gasteiger charge is 2.08. The van der Waals surface area contributed by atoms with Crippen molar-refractivity contribution < 1.29 is 4.79 Å². The molecule has 0 heterocycles. The van der Waals surface area contributed by atoms with Gasteiger partial charge in [-0.05, 0) is 48.7 Å². The second kappa shape index (κ2) is 7.47. The van der Waals surface area contributed by atoms with E-state index in [9.17, 15) is 4.79 Å². The van der Waals surface area contributed by atoms with Crippen LogP contribution in [0.15, 0.2) is 47.1 Å². The van der Waals surface area contributed by atoms with Crippen LogP contribution < -0.4 is 10.6 Å². The van der Waals surface area contributed by atoms with Crippen LogP contribution in [0.4, 0.5) is 10.5 Å². The molecule has 2 aromatic carbocycles. The monoisotopic (exact) mass is 378 g/mol. The van der Waals surface area contributed by atoms with Crippen LogP contribution in [0.3, 0.4) is 0 Å². The normalized spacial score (nSPS) is 10.7. The van der Waals surface area contributed by atoms with Crippen LogP contribution in [0, 0.1) is 13.8 Å². The van der Waals surface area contributed by atoms with Gasteiger partial charge in [-0.3, -0.25) is 0 Å². The van der Waals surface area contributed by atoms with E-state index >= 15 is 0 Å². The van der Waals surface area contributed by atoms with Gasteiger partial charge in [0, 0.05) is 10.7 Å². The Morgan fingerprint density at radius 1 is 1.23 bits per heavy atom. The number of carbonyl (C=O) groups is 1. The lowest BCUT2D eigenvalue weighted by Gasteiger charge is -2.11. The Bertz CT molecular complexity index is 705. The van der Waals surface area contributed by atoms with Gasteiger partial charge in [0.2, 0.25) is 0 Å². The van der Waals surface area contributed by atoms with Gasteiger partial charge >= 0.3 is 6.03 Å². The van der Waals surface area contributed by atoms with Crippen molar-refractivity contribution >= 4 is 45.3 Å². The number of aryl methyl sites for hydroxylation is 2. The predicted octanol–water partition coefficient (Wildman–Crippen LogP) is 5.51. The Hall–Kier alpha value is -1.78. The van der Waals surface area contributed by atoms with Gasteiger partial charge in [0.15, 0.2) is 0 Å². The standard InChI is InChI=1S/C17H16BrClN2O/c1-11-9-12(2)16(15(19)10-11)21-17(22)20-8-7-13-5-3-4-6-14(13)18/h3-10H,1-2H3,(H2,20,21,22)/b8-7+. The zero-order valence-electron chi connectivity index (χ0n) is 12.3. The fourth-order valence-corrected chi connectivity index (χ4v) is 2.83. The molecule has 0 spiro atoms. The molecule has 22 heavy (non-hydrogen) atoms. The summed E-state index contributed by atoms with van der Waals surface area (Å²) in [6.07, 6.45) is 3.40. The molecule has 3 nitrogen and oxygen atoms in total. The Morgan fingerprint density at radius 2 is 1.95 bits per heavy atom. The Kier molecular flexibility index (Phi) is 5.63. The molecule has 2 rings (SSSR count). The second-order valence-corrected chi connectivity index (χ2v) is 6.15. The van der Waals surface area contributed by atoms with Crippen LogP contribution in [-0.4, -0.2) is 6.03 Å². The Balaban J connectivity index is 2.01. The fourth-order valence-electron chi connectivity index (χ4n) is 2.04. The maximum Gasteiger partial charge on any atom is 0.323 e. The summed E-state index contributed by atoms with van der Waals surface area (Å²) in [6, 6.07) is 11.2. The third-order valence-corrected chi connectivity index (χ3v) is 4.07. The van der Waals surface area contributed by atoms with Crippen LogP contribution >= 0.6 is 27.5 Å². The van der Waals surface area contributed by atoms with Crippen molar-refractivity contribution in [3.05, 3.63) is 68.8 Å². The molecule has 0 aromatic heterocycles. The molecule has 0 atom stereocenters. The average molecular weight is 380 g/mol. The van der Waals surface area contributed by atoms with Crippen molar-refractivity contribution in [2.45, 2.75) is 13.8 Å². The molecule has 114 valence electrons. The molecule has 0 fully saturated rings. The number of hydrogen-bond acceptors (Lipinski definition) is 1. The zero-order chi connectivity index (χ0) is 16.1. The first kappa shape index (κ1) is 16.6. The van der Waals surface area contributed by atoms with Crippen LogP contribution in [-0.2, 0) is 0 Å². The summed E-state index contributed by atoms with van der Waals surface area (Å²) >= 11 is 9.61. The lowest BCUT2D eigenvalue weighted by molar-refractivity contribution is 0.255. The molecule has 2 N–H and O–H groups in total. The van der Waals surface area contributed by atoms with Crippen LogP contribution in [0.25, 0.3) is 6.08 Å². The molecule has 0 bridgehead atoms. The van der Waals surface area contributed by atoms with Gasteiger partial charge in [0.25, 0.3) is 0 Å². The molecule has 0 aliphatic rings. The van der Waals surface area contributed by atoms with Crippen LogP contribution in [0.2, 0.25) is 5.02 Å². The molecule has 2 aromatic rings. The van der Waals surface area contributed by atoms with Gasteiger partial charge in [0.05, 0.1) is 10.7 Å². The average Bonchev–Trinajstić information content (AvgIpc) is 2.45. The Morgan fingerprint density at radius 3 is 2.64 bits per heavy atom. The molecule has 0 saturated carbocycles. The summed E-state index contributed by atoms with van der Waals surface area (Å²) < 4.78 is 0.964. The number of halogens is 2. The van der Waals surface area contributed by atoms with Crippen molar-refractivity contribution in [2.24, 2.45) is 0 Å². The zero-order valence-corrected chi connectivity index (χ0v) is 14.6. The van der Waals surface area contributed by atoms with Crippen molar-refractivity contribution in [1.29, 1.82) is 0 Å². The number of carbonyl (C=O) groups excluding carboxylic acids is 1. The summed E-state index contributed by atoms with van der Waals surface area (Å²) in [5, 5.41) is 5.96. The molecule has 0 unspecified atom stereocenters. The first-order valence-electron chi connectivity index (χ1n) is 6.72. The largest absolute Gasteiger partial charge is 0.323 e. The summed E-state index contributed by atoms with van der Waals surface area (Å²) in [7, 11) is 0. The van der Waals surface area contributed by atoms with E-state index in [0.717, 1.165) is 21.2 Å². The third kappa shape index (κ3) is 4.36. The van der Waals surface area contributed by atoms with E-state index < -0.39 is 0 Å². The lowest BCUT2D eigenvalue weighted by Crippen LogP contribution is -2.24. The van der Waals surface area contributed by atoms with E-state index in [2.05, 4.69) is 26.6 Å². The van der Waals surface area contributed by atoms with Gasteiger partial charge in [-0.15, -0.1) is 0 Å². The number of benzene rings is 2. The minimum absolute atomic E-state index is 0.336. The molecular weight excluding hydrogens is 364 g/mol. The van der Waals surface area contributed by atoms with E-state index in [4.69, 9.17) is 11.6 Å². The Labute approximate surface area is 143 Å². The maximum atomic E-state index is 11.9.